The van der Waals surface area contributed by atoms with Crippen LogP contribution in [0.3, 0.4) is 0 Å². The van der Waals surface area contributed by atoms with Crippen molar-refractivity contribution in [1.29, 1.82) is 0 Å². The second-order valence-corrected chi connectivity index (χ2v) is 7.84. The molecule has 0 N–H and O–H groups in total. The van der Waals surface area contributed by atoms with Crippen LogP contribution in [0, 0.1) is 0 Å². The number of thiazole rings is 1. The van der Waals surface area contributed by atoms with E-state index in [9.17, 15) is 4.79 Å². The van der Waals surface area contributed by atoms with Crippen molar-refractivity contribution in [2.75, 3.05) is 11.5 Å². The third-order valence-electron chi connectivity index (χ3n) is 4.78. The first kappa shape index (κ1) is 20.0. The van der Waals surface area contributed by atoms with Gasteiger partial charge in [0, 0.05) is 6.20 Å². The fourth-order valence-corrected chi connectivity index (χ4v) is 4.25. The number of amides is 1. The number of para-hydroxylation sites is 2. The zero-order chi connectivity index (χ0) is 20.8. The molecular weight excluding hydrogens is 394 g/mol. The van der Waals surface area contributed by atoms with Crippen molar-refractivity contribution in [3.63, 3.8) is 0 Å². The van der Waals surface area contributed by atoms with E-state index in [0.29, 0.717) is 18.3 Å². The first-order valence-corrected chi connectivity index (χ1v) is 10.8. The molecule has 2 heterocycles. The third kappa shape index (κ3) is 4.66. The lowest BCUT2D eigenvalue weighted by Crippen LogP contribution is -2.31. The van der Waals surface area contributed by atoms with Crippen LogP contribution in [0.5, 0.6) is 5.75 Å². The summed E-state index contributed by atoms with van der Waals surface area (Å²) in [4.78, 5) is 24.1. The highest BCUT2D eigenvalue weighted by Gasteiger charge is 2.21. The molecule has 2 aromatic carbocycles. The molecule has 1 amide bonds. The molecule has 4 rings (SSSR count). The summed E-state index contributed by atoms with van der Waals surface area (Å²) in [6.45, 7) is 2.81. The second kappa shape index (κ2) is 9.50. The maximum atomic E-state index is 13.2. The Balaban J connectivity index is 1.57. The molecular formula is C24H23N3O2S. The van der Waals surface area contributed by atoms with E-state index >= 15 is 0 Å². The standard InChI is InChI=1S/C24H23N3O2S/c1-2-18-9-8-13-21-23(18)26-24(30-21)27(17-19-10-6-7-15-25-19)22(28)14-16-29-20-11-4-3-5-12-20/h3-13,15H,2,14,16-17H2,1H3. The van der Waals surface area contributed by atoms with Crippen LogP contribution in [0.2, 0.25) is 0 Å². The molecule has 2 aromatic heterocycles. The molecule has 6 heteroatoms. The van der Waals surface area contributed by atoms with Crippen LogP contribution in [-0.2, 0) is 17.8 Å². The zero-order valence-corrected chi connectivity index (χ0v) is 17.6. The van der Waals surface area contributed by atoms with Gasteiger partial charge in [-0.1, -0.05) is 54.7 Å². The van der Waals surface area contributed by atoms with Crippen LogP contribution in [-0.4, -0.2) is 22.5 Å². The minimum absolute atomic E-state index is 0.0336. The van der Waals surface area contributed by atoms with E-state index in [1.165, 1.54) is 16.9 Å². The number of hydrogen-bond acceptors (Lipinski definition) is 5. The summed E-state index contributed by atoms with van der Waals surface area (Å²) in [5.41, 5.74) is 2.98. The van der Waals surface area contributed by atoms with Gasteiger partial charge in [-0.15, -0.1) is 0 Å². The van der Waals surface area contributed by atoms with Gasteiger partial charge in [0.2, 0.25) is 5.91 Å². The number of pyridine rings is 1. The number of hydrogen-bond donors (Lipinski definition) is 0. The summed E-state index contributed by atoms with van der Waals surface area (Å²) < 4.78 is 6.81. The first-order chi connectivity index (χ1) is 14.7. The number of ether oxygens (including phenoxy) is 1. The molecule has 0 aliphatic heterocycles. The maximum absolute atomic E-state index is 13.2. The molecule has 0 atom stereocenters. The van der Waals surface area contributed by atoms with Crippen LogP contribution in [0.1, 0.15) is 24.6 Å². The van der Waals surface area contributed by atoms with Crippen molar-refractivity contribution in [3.8, 4) is 5.75 Å². The Morgan fingerprint density at radius 2 is 1.87 bits per heavy atom. The van der Waals surface area contributed by atoms with Gasteiger partial charge in [0.15, 0.2) is 5.13 Å². The monoisotopic (exact) mass is 417 g/mol. The highest BCUT2D eigenvalue weighted by molar-refractivity contribution is 7.22. The van der Waals surface area contributed by atoms with Crippen LogP contribution >= 0.6 is 11.3 Å². The molecule has 0 bridgehead atoms. The highest BCUT2D eigenvalue weighted by Crippen LogP contribution is 2.32. The molecule has 0 aliphatic carbocycles. The summed E-state index contributed by atoms with van der Waals surface area (Å²) in [7, 11) is 0. The summed E-state index contributed by atoms with van der Waals surface area (Å²) >= 11 is 1.54. The first-order valence-electron chi connectivity index (χ1n) is 10.0. The van der Waals surface area contributed by atoms with E-state index in [2.05, 4.69) is 24.0 Å². The summed E-state index contributed by atoms with van der Waals surface area (Å²) in [5.74, 6) is 0.725. The predicted molar refractivity (Wildman–Crippen MR) is 121 cm³/mol. The van der Waals surface area contributed by atoms with Gasteiger partial charge in [0.1, 0.15) is 5.75 Å². The molecule has 30 heavy (non-hydrogen) atoms. The van der Waals surface area contributed by atoms with Crippen molar-refractivity contribution < 1.29 is 9.53 Å². The Hall–Kier alpha value is -3.25. The predicted octanol–water partition coefficient (Wildman–Crippen LogP) is 5.26. The Kier molecular flexibility index (Phi) is 6.35. The third-order valence-corrected chi connectivity index (χ3v) is 5.82. The van der Waals surface area contributed by atoms with E-state index in [1.54, 1.807) is 11.1 Å². The smallest absolute Gasteiger partial charge is 0.232 e. The minimum atomic E-state index is -0.0336. The van der Waals surface area contributed by atoms with Crippen molar-refractivity contribution in [2.45, 2.75) is 26.3 Å². The van der Waals surface area contributed by atoms with Crippen molar-refractivity contribution in [3.05, 3.63) is 84.2 Å². The number of rotatable bonds is 8. The van der Waals surface area contributed by atoms with Crippen molar-refractivity contribution in [2.24, 2.45) is 0 Å². The van der Waals surface area contributed by atoms with Gasteiger partial charge in [0.05, 0.1) is 35.5 Å². The molecule has 0 spiro atoms. The summed E-state index contributed by atoms with van der Waals surface area (Å²) in [6, 6.07) is 21.4. The van der Waals surface area contributed by atoms with Gasteiger partial charge >= 0.3 is 0 Å². The molecule has 4 aromatic rings. The molecule has 0 aliphatic rings. The van der Waals surface area contributed by atoms with Gasteiger partial charge in [-0.3, -0.25) is 14.7 Å². The number of fused-ring (bicyclic) bond motifs is 1. The number of aromatic nitrogens is 2. The molecule has 0 radical (unpaired) electrons. The largest absolute Gasteiger partial charge is 0.493 e. The second-order valence-electron chi connectivity index (χ2n) is 6.83. The number of benzene rings is 2. The molecule has 0 unspecified atom stereocenters. The quantitative estimate of drug-likeness (QED) is 0.393. The Labute approximate surface area is 180 Å². The highest BCUT2D eigenvalue weighted by atomic mass is 32.1. The summed E-state index contributed by atoms with van der Waals surface area (Å²) in [5, 5.41) is 0.696. The lowest BCUT2D eigenvalue weighted by atomic mass is 10.1. The van der Waals surface area contributed by atoms with Crippen LogP contribution < -0.4 is 9.64 Å². The normalized spacial score (nSPS) is 10.8. The van der Waals surface area contributed by atoms with Crippen molar-refractivity contribution >= 4 is 32.6 Å². The number of carbonyl (C=O) groups is 1. The van der Waals surface area contributed by atoms with Gasteiger partial charge in [-0.25, -0.2) is 4.98 Å². The van der Waals surface area contributed by atoms with Gasteiger partial charge in [-0.2, -0.15) is 0 Å². The van der Waals surface area contributed by atoms with Crippen molar-refractivity contribution in [1.82, 2.24) is 9.97 Å². The molecule has 152 valence electrons. The molecule has 0 fully saturated rings. The van der Waals surface area contributed by atoms with E-state index in [1.807, 2.05) is 54.6 Å². The molecule has 5 nitrogen and oxygen atoms in total. The number of carbonyl (C=O) groups excluding carboxylic acids is 1. The van der Waals surface area contributed by atoms with Crippen LogP contribution in [0.25, 0.3) is 10.2 Å². The fraction of sp³-hybridized carbons (Fsp3) is 0.208. The fourth-order valence-electron chi connectivity index (χ4n) is 3.22. The van der Waals surface area contributed by atoms with Crippen LogP contribution in [0.15, 0.2) is 72.9 Å². The van der Waals surface area contributed by atoms with Gasteiger partial charge < -0.3 is 4.74 Å². The van der Waals surface area contributed by atoms with E-state index in [-0.39, 0.29) is 12.3 Å². The minimum Gasteiger partial charge on any atom is -0.493 e. The number of anilines is 1. The average Bonchev–Trinajstić information content (AvgIpc) is 3.23. The number of aryl methyl sites for hydroxylation is 1. The van der Waals surface area contributed by atoms with E-state index in [0.717, 1.165) is 28.1 Å². The SMILES string of the molecule is CCc1cccc2sc(N(Cc3ccccn3)C(=O)CCOc3ccccc3)nc12. The Bertz CT molecular complexity index is 1110. The Morgan fingerprint density at radius 3 is 2.63 bits per heavy atom. The van der Waals surface area contributed by atoms with E-state index in [4.69, 9.17) is 9.72 Å². The molecule has 0 saturated heterocycles. The lowest BCUT2D eigenvalue weighted by Gasteiger charge is -2.19. The number of nitrogens with zero attached hydrogens (tertiary/aromatic N) is 3. The molecule has 0 saturated carbocycles. The average molecular weight is 418 g/mol. The van der Waals surface area contributed by atoms with E-state index < -0.39 is 0 Å². The summed E-state index contributed by atoms with van der Waals surface area (Å²) in [6.07, 6.45) is 2.90. The van der Waals surface area contributed by atoms with Gasteiger partial charge in [0.25, 0.3) is 0 Å². The van der Waals surface area contributed by atoms with Crippen LogP contribution in [0.4, 0.5) is 5.13 Å². The topological polar surface area (TPSA) is 55.3 Å². The zero-order valence-electron chi connectivity index (χ0n) is 16.8. The van der Waals surface area contributed by atoms with Gasteiger partial charge in [-0.05, 0) is 42.3 Å². The maximum Gasteiger partial charge on any atom is 0.232 e. The Morgan fingerprint density at radius 1 is 1.03 bits per heavy atom. The lowest BCUT2D eigenvalue weighted by molar-refractivity contribution is -0.119.